The van der Waals surface area contributed by atoms with Crippen LogP contribution in [0.4, 0.5) is 0 Å². The van der Waals surface area contributed by atoms with Gasteiger partial charge in [-0.25, -0.2) is 4.98 Å². The average molecular weight is 366 g/mol. The topological polar surface area (TPSA) is 12.9 Å². The lowest BCUT2D eigenvalue weighted by Crippen LogP contribution is -2.17. The largest absolute Gasteiger partial charge is 0.245 e. The highest BCUT2D eigenvalue weighted by Gasteiger charge is 2.26. The third-order valence-corrected chi connectivity index (χ3v) is 6.24. The lowest BCUT2D eigenvalue weighted by Gasteiger charge is -2.31. The van der Waals surface area contributed by atoms with Crippen LogP contribution in [0.5, 0.6) is 0 Å². The minimum atomic E-state index is 0.448. The van der Waals surface area contributed by atoms with Crippen LogP contribution in [0.15, 0.2) is 52.9 Å². The number of aromatic nitrogens is 1. The van der Waals surface area contributed by atoms with Gasteiger partial charge in [0, 0.05) is 16.9 Å². The summed E-state index contributed by atoms with van der Waals surface area (Å²) in [4.78, 5) is 4.62. The molecule has 1 heterocycles. The van der Waals surface area contributed by atoms with E-state index in [1.807, 2.05) is 5.51 Å². The zero-order valence-corrected chi connectivity index (χ0v) is 17.2. The average Bonchev–Trinajstić information content (AvgIpc) is 3.16. The monoisotopic (exact) mass is 365 g/mol. The van der Waals surface area contributed by atoms with E-state index >= 15 is 0 Å². The first-order valence-corrected chi connectivity index (χ1v) is 10.9. The summed E-state index contributed by atoms with van der Waals surface area (Å²) in [6, 6.07) is 7.12. The first-order valence-electron chi connectivity index (χ1n) is 9.94. The summed E-state index contributed by atoms with van der Waals surface area (Å²) in [5, 5.41) is 2.18. The lowest BCUT2D eigenvalue weighted by atomic mass is 9.74. The second kappa shape index (κ2) is 8.81. The Labute approximate surface area is 162 Å². The second-order valence-electron chi connectivity index (χ2n) is 7.78. The van der Waals surface area contributed by atoms with E-state index in [-0.39, 0.29) is 0 Å². The first-order chi connectivity index (χ1) is 12.6. The third kappa shape index (κ3) is 4.35. The second-order valence-corrected chi connectivity index (χ2v) is 8.50. The number of unbranched alkanes of at least 4 members (excludes halogenated alkanes) is 2. The van der Waals surface area contributed by atoms with Crippen LogP contribution < -0.4 is 0 Å². The van der Waals surface area contributed by atoms with Crippen LogP contribution in [0, 0.1) is 5.92 Å². The fourth-order valence-electron chi connectivity index (χ4n) is 4.12. The molecule has 0 saturated carbocycles. The maximum atomic E-state index is 4.62. The van der Waals surface area contributed by atoms with E-state index in [1.165, 1.54) is 59.9 Å². The van der Waals surface area contributed by atoms with Gasteiger partial charge in [-0.15, -0.1) is 11.3 Å². The number of thiazole rings is 1. The molecule has 0 bridgehead atoms. The van der Waals surface area contributed by atoms with Crippen LogP contribution in [-0.4, -0.2) is 4.98 Å². The Morgan fingerprint density at radius 3 is 2.85 bits per heavy atom. The molecule has 0 N–H and O–H groups in total. The predicted octanol–water partition coefficient (Wildman–Crippen LogP) is 7.56. The molecular weight excluding hydrogens is 334 g/mol. The lowest BCUT2D eigenvalue weighted by molar-refractivity contribution is 0.483. The molecule has 1 nitrogen and oxygen atoms in total. The van der Waals surface area contributed by atoms with Crippen molar-refractivity contribution in [3.63, 3.8) is 0 Å². The molecule has 138 valence electrons. The minimum Gasteiger partial charge on any atom is -0.245 e. The van der Waals surface area contributed by atoms with Gasteiger partial charge in [0.15, 0.2) is 0 Å². The molecule has 1 aromatic carbocycles. The van der Waals surface area contributed by atoms with E-state index in [0.717, 1.165) is 12.1 Å². The molecule has 1 aliphatic rings. The van der Waals surface area contributed by atoms with Crippen molar-refractivity contribution in [1.29, 1.82) is 0 Å². The molecule has 0 amide bonds. The van der Waals surface area contributed by atoms with E-state index in [4.69, 9.17) is 0 Å². The Morgan fingerprint density at radius 1 is 1.31 bits per heavy atom. The third-order valence-electron chi connectivity index (χ3n) is 5.66. The number of rotatable bonds is 7. The summed E-state index contributed by atoms with van der Waals surface area (Å²) < 4.78 is 0. The van der Waals surface area contributed by atoms with Gasteiger partial charge in [-0.3, -0.25) is 0 Å². The van der Waals surface area contributed by atoms with Crippen LogP contribution in [0.3, 0.4) is 0 Å². The van der Waals surface area contributed by atoms with Crippen LogP contribution in [0.1, 0.15) is 69.9 Å². The Bertz CT molecular complexity index is 770. The fraction of sp³-hybridized carbons (Fsp3) is 0.458. The number of hydrogen-bond donors (Lipinski definition) is 0. The quantitative estimate of drug-likeness (QED) is 0.364. The van der Waals surface area contributed by atoms with Crippen LogP contribution in [-0.2, 0) is 6.42 Å². The molecule has 2 atom stereocenters. The fourth-order valence-corrected chi connectivity index (χ4v) is 4.67. The van der Waals surface area contributed by atoms with Gasteiger partial charge in [-0.2, -0.15) is 0 Å². The number of benzene rings is 1. The molecule has 1 aromatic heterocycles. The zero-order valence-electron chi connectivity index (χ0n) is 16.4. The Balaban J connectivity index is 1.99. The van der Waals surface area contributed by atoms with Gasteiger partial charge in [-0.05, 0) is 62.6 Å². The van der Waals surface area contributed by atoms with Gasteiger partial charge in [-0.1, -0.05) is 55.7 Å². The molecule has 0 saturated heterocycles. The van der Waals surface area contributed by atoms with Crippen LogP contribution in [0.2, 0.25) is 0 Å². The molecule has 2 unspecified atom stereocenters. The summed E-state index contributed by atoms with van der Waals surface area (Å²) in [7, 11) is 0. The summed E-state index contributed by atoms with van der Waals surface area (Å²) >= 11 is 1.68. The van der Waals surface area contributed by atoms with Gasteiger partial charge in [0.1, 0.15) is 0 Å². The molecule has 1 aliphatic carbocycles. The molecule has 3 rings (SSSR count). The van der Waals surface area contributed by atoms with Crippen LogP contribution >= 0.6 is 11.3 Å². The minimum absolute atomic E-state index is 0.448. The number of hydrogen-bond acceptors (Lipinski definition) is 2. The molecule has 2 aromatic rings. The first kappa shape index (κ1) is 19.1. The Hall–Kier alpha value is -1.67. The predicted molar refractivity (Wildman–Crippen MR) is 115 cm³/mol. The van der Waals surface area contributed by atoms with Crippen molar-refractivity contribution in [3.05, 3.63) is 64.0 Å². The molecular formula is C24H31NS. The molecule has 2 heteroatoms. The van der Waals surface area contributed by atoms with E-state index in [1.54, 1.807) is 11.3 Å². The maximum Gasteiger partial charge on any atom is 0.0813 e. The van der Waals surface area contributed by atoms with E-state index in [0.29, 0.717) is 11.8 Å². The standard InChI is InChI=1S/C24H31NS/c1-5-6-7-8-19-10-11-20(14-23(19)24-15-26-16-25-24)22-13-18(4)9-12-21(22)17(2)3/h10-11,13-16,21-22H,2,5-9,12H2,1,3-4H3. The van der Waals surface area contributed by atoms with Gasteiger partial charge < -0.3 is 0 Å². The SMILES string of the molecule is C=C(C)C1CCC(C)=CC1c1ccc(CCCCC)c(-c2cscn2)c1. The highest BCUT2D eigenvalue weighted by atomic mass is 32.1. The number of nitrogens with zero attached hydrogens (tertiary/aromatic N) is 1. The van der Waals surface area contributed by atoms with Crippen molar-refractivity contribution in [2.45, 2.75) is 65.2 Å². The normalized spacial score (nSPS) is 20.0. The molecule has 0 aliphatic heterocycles. The summed E-state index contributed by atoms with van der Waals surface area (Å²) in [5.74, 6) is 0.997. The van der Waals surface area contributed by atoms with Crippen molar-refractivity contribution >= 4 is 11.3 Å². The van der Waals surface area contributed by atoms with Crippen molar-refractivity contribution in [3.8, 4) is 11.3 Å². The van der Waals surface area contributed by atoms with Gasteiger partial charge >= 0.3 is 0 Å². The van der Waals surface area contributed by atoms with Crippen molar-refractivity contribution in [2.75, 3.05) is 0 Å². The van der Waals surface area contributed by atoms with Gasteiger partial charge in [0.2, 0.25) is 0 Å². The molecule has 0 fully saturated rings. The number of allylic oxidation sites excluding steroid dienone is 3. The summed E-state index contributed by atoms with van der Waals surface area (Å²) in [6.45, 7) is 11.0. The van der Waals surface area contributed by atoms with E-state index in [2.05, 4.69) is 62.0 Å². The zero-order chi connectivity index (χ0) is 18.5. The highest BCUT2D eigenvalue weighted by molar-refractivity contribution is 7.07. The van der Waals surface area contributed by atoms with Crippen molar-refractivity contribution < 1.29 is 0 Å². The summed E-state index contributed by atoms with van der Waals surface area (Å²) in [5.41, 5.74) is 10.1. The van der Waals surface area contributed by atoms with E-state index < -0.39 is 0 Å². The Morgan fingerprint density at radius 2 is 2.15 bits per heavy atom. The smallest absolute Gasteiger partial charge is 0.0813 e. The maximum absolute atomic E-state index is 4.62. The Kier molecular flexibility index (Phi) is 6.48. The van der Waals surface area contributed by atoms with Crippen molar-refractivity contribution in [2.24, 2.45) is 5.92 Å². The van der Waals surface area contributed by atoms with E-state index in [9.17, 15) is 0 Å². The van der Waals surface area contributed by atoms with Crippen LogP contribution in [0.25, 0.3) is 11.3 Å². The molecule has 0 spiro atoms. The van der Waals surface area contributed by atoms with Gasteiger partial charge in [0.25, 0.3) is 0 Å². The van der Waals surface area contributed by atoms with Crippen molar-refractivity contribution in [1.82, 2.24) is 4.98 Å². The van der Waals surface area contributed by atoms with Gasteiger partial charge in [0.05, 0.1) is 11.2 Å². The molecule has 0 radical (unpaired) electrons. The highest BCUT2D eigenvalue weighted by Crippen LogP contribution is 2.41. The number of aryl methyl sites for hydroxylation is 1. The molecule has 26 heavy (non-hydrogen) atoms. The summed E-state index contributed by atoms with van der Waals surface area (Å²) in [6.07, 6.45) is 9.83.